The molecule has 1 atom stereocenters. The summed E-state index contributed by atoms with van der Waals surface area (Å²) in [7, 11) is 2.02. The Morgan fingerprint density at radius 3 is 2.60 bits per heavy atom. The average molecular weight is 465 g/mol. The van der Waals surface area contributed by atoms with Crippen LogP contribution in [0.2, 0.25) is 0 Å². The van der Waals surface area contributed by atoms with Crippen LogP contribution in [0.4, 0.5) is 0 Å². The Kier molecular flexibility index (Phi) is 5.87. The Morgan fingerprint density at radius 1 is 1.30 bits per heavy atom. The zero-order chi connectivity index (χ0) is 14.7. The van der Waals surface area contributed by atoms with Crippen LogP contribution in [0.25, 0.3) is 0 Å². The van der Waals surface area contributed by atoms with Crippen LogP contribution >= 0.6 is 47.8 Å². The summed E-state index contributed by atoms with van der Waals surface area (Å²) >= 11 is 10.9. The quantitative estimate of drug-likeness (QED) is 0.554. The van der Waals surface area contributed by atoms with E-state index < -0.39 is 0 Å². The highest BCUT2D eigenvalue weighted by molar-refractivity contribution is 9.11. The van der Waals surface area contributed by atoms with Gasteiger partial charge in [0.1, 0.15) is 0 Å². The number of halogens is 3. The van der Waals surface area contributed by atoms with E-state index in [-0.39, 0.29) is 0 Å². The first-order chi connectivity index (χ1) is 9.56. The van der Waals surface area contributed by atoms with Crippen LogP contribution in [-0.4, -0.2) is 15.1 Å². The highest BCUT2D eigenvalue weighted by Gasteiger charge is 2.18. The van der Waals surface area contributed by atoms with E-state index in [9.17, 15) is 0 Å². The predicted octanol–water partition coefficient (Wildman–Crippen LogP) is 5.23. The summed E-state index contributed by atoms with van der Waals surface area (Å²) in [5, 5.41) is 5.51. The Hall–Kier alpha value is -0.130. The Bertz CT molecular complexity index is 593. The molecule has 5 heteroatoms. The second-order valence-electron chi connectivity index (χ2n) is 4.79. The van der Waals surface area contributed by atoms with Gasteiger partial charge in [0, 0.05) is 16.9 Å². The normalized spacial score (nSPS) is 12.7. The number of hydrogen-bond donors (Lipinski definition) is 0. The second-order valence-corrected chi connectivity index (χ2v) is 7.15. The largest absolute Gasteiger partial charge is 0.271 e. The number of aryl methyl sites for hydroxylation is 2. The summed E-state index contributed by atoms with van der Waals surface area (Å²) in [5.74, 6) is 0.434. The van der Waals surface area contributed by atoms with Crippen LogP contribution in [0.3, 0.4) is 0 Å². The maximum atomic E-state index is 4.57. The third-order valence-electron chi connectivity index (χ3n) is 3.45. The van der Waals surface area contributed by atoms with Gasteiger partial charge in [0.2, 0.25) is 0 Å². The van der Waals surface area contributed by atoms with E-state index in [1.165, 1.54) is 11.3 Å². The topological polar surface area (TPSA) is 17.8 Å². The Balaban J connectivity index is 2.29. The molecule has 1 aromatic heterocycles. The van der Waals surface area contributed by atoms with Gasteiger partial charge in [-0.3, -0.25) is 4.68 Å². The molecule has 0 N–H and O–H groups in total. The fourth-order valence-corrected chi connectivity index (χ4v) is 4.09. The van der Waals surface area contributed by atoms with Crippen LogP contribution < -0.4 is 0 Å². The lowest BCUT2D eigenvalue weighted by molar-refractivity contribution is 0.656. The Morgan fingerprint density at radius 2 is 2.05 bits per heavy atom. The molecule has 0 fully saturated rings. The van der Waals surface area contributed by atoms with E-state index in [4.69, 9.17) is 0 Å². The van der Waals surface area contributed by atoms with Crippen molar-refractivity contribution in [2.24, 2.45) is 7.05 Å². The fraction of sp³-hybridized carbons (Fsp3) is 0.400. The second kappa shape index (κ2) is 7.23. The average Bonchev–Trinajstić information content (AvgIpc) is 2.71. The first-order valence-electron chi connectivity index (χ1n) is 6.58. The number of hydrogen-bond acceptors (Lipinski definition) is 1. The molecule has 20 heavy (non-hydrogen) atoms. The van der Waals surface area contributed by atoms with E-state index in [2.05, 4.69) is 84.1 Å². The summed E-state index contributed by atoms with van der Waals surface area (Å²) in [6.45, 7) is 2.13. The first-order valence-corrected chi connectivity index (χ1v) is 9.29. The van der Waals surface area contributed by atoms with Gasteiger partial charge >= 0.3 is 0 Å². The number of aromatic nitrogens is 2. The molecule has 1 unspecified atom stereocenters. The highest BCUT2D eigenvalue weighted by atomic mass is 79.9. The van der Waals surface area contributed by atoms with Crippen molar-refractivity contribution in [2.75, 3.05) is 5.33 Å². The molecule has 0 aliphatic carbocycles. The van der Waals surface area contributed by atoms with Crippen LogP contribution in [0.1, 0.15) is 29.8 Å². The lowest BCUT2D eigenvalue weighted by atomic mass is 9.96. The molecule has 0 radical (unpaired) electrons. The van der Waals surface area contributed by atoms with Crippen molar-refractivity contribution in [3.8, 4) is 0 Å². The summed E-state index contributed by atoms with van der Waals surface area (Å²) in [5.41, 5.74) is 3.72. The Labute approximate surface area is 145 Å². The molecular formula is C15H17Br3N2. The molecule has 2 rings (SSSR count). The van der Waals surface area contributed by atoms with Crippen molar-refractivity contribution in [3.63, 3.8) is 0 Å². The minimum atomic E-state index is 0.434. The maximum absolute atomic E-state index is 4.57. The minimum Gasteiger partial charge on any atom is -0.271 e. The molecule has 0 aliphatic rings. The maximum Gasteiger partial charge on any atom is 0.0766 e. The molecule has 2 nitrogen and oxygen atoms in total. The number of alkyl halides is 1. The van der Waals surface area contributed by atoms with Crippen molar-refractivity contribution in [2.45, 2.75) is 25.7 Å². The highest BCUT2D eigenvalue weighted by Crippen LogP contribution is 2.30. The molecule has 0 amide bonds. The number of benzene rings is 1. The smallest absolute Gasteiger partial charge is 0.0766 e. The van der Waals surface area contributed by atoms with Gasteiger partial charge in [0.05, 0.1) is 15.9 Å². The van der Waals surface area contributed by atoms with Gasteiger partial charge in [-0.25, -0.2) is 0 Å². The van der Waals surface area contributed by atoms with E-state index in [1.54, 1.807) is 0 Å². The van der Waals surface area contributed by atoms with E-state index in [0.29, 0.717) is 5.92 Å². The van der Waals surface area contributed by atoms with Gasteiger partial charge in [-0.2, -0.15) is 5.10 Å². The molecule has 0 bridgehead atoms. The molecule has 1 aromatic carbocycles. The molecule has 0 spiro atoms. The van der Waals surface area contributed by atoms with Gasteiger partial charge in [-0.05, 0) is 52.4 Å². The molecule has 108 valence electrons. The van der Waals surface area contributed by atoms with Crippen molar-refractivity contribution < 1.29 is 0 Å². The summed E-state index contributed by atoms with van der Waals surface area (Å²) < 4.78 is 4.28. The summed E-state index contributed by atoms with van der Waals surface area (Å²) in [6, 6.07) is 8.52. The monoisotopic (exact) mass is 462 g/mol. The molecule has 1 heterocycles. The molecule has 0 aliphatic heterocycles. The summed E-state index contributed by atoms with van der Waals surface area (Å²) in [4.78, 5) is 0. The lowest BCUT2D eigenvalue weighted by Gasteiger charge is -2.15. The van der Waals surface area contributed by atoms with Crippen LogP contribution in [-0.2, 0) is 19.9 Å². The van der Waals surface area contributed by atoms with Gasteiger partial charge in [0.15, 0.2) is 0 Å². The van der Waals surface area contributed by atoms with Crippen LogP contribution in [0.5, 0.6) is 0 Å². The third kappa shape index (κ3) is 3.55. The van der Waals surface area contributed by atoms with Gasteiger partial charge in [0.25, 0.3) is 0 Å². The predicted molar refractivity (Wildman–Crippen MR) is 94.7 cm³/mol. The number of nitrogens with zero attached hydrogens (tertiary/aromatic N) is 2. The van der Waals surface area contributed by atoms with Gasteiger partial charge in [-0.1, -0.05) is 50.9 Å². The van der Waals surface area contributed by atoms with Crippen molar-refractivity contribution in [1.29, 1.82) is 0 Å². The van der Waals surface area contributed by atoms with Crippen molar-refractivity contribution in [1.82, 2.24) is 9.78 Å². The molecule has 2 aromatic rings. The zero-order valence-corrected chi connectivity index (χ0v) is 16.3. The SMILES string of the molecule is CCc1nn(C)c(CC(CBr)c2cccc(Br)c2)c1Br. The van der Waals surface area contributed by atoms with E-state index in [1.807, 2.05) is 11.7 Å². The first kappa shape index (κ1) is 16.2. The van der Waals surface area contributed by atoms with Crippen LogP contribution in [0, 0.1) is 0 Å². The van der Waals surface area contributed by atoms with Gasteiger partial charge < -0.3 is 0 Å². The molecule has 0 saturated carbocycles. The summed E-state index contributed by atoms with van der Waals surface area (Å²) in [6.07, 6.45) is 1.91. The fourth-order valence-electron chi connectivity index (χ4n) is 2.30. The third-order valence-corrected chi connectivity index (χ3v) is 5.64. The van der Waals surface area contributed by atoms with Crippen molar-refractivity contribution >= 4 is 47.8 Å². The number of rotatable bonds is 5. The standard InChI is InChI=1S/C15H17Br3N2/c1-3-13-15(18)14(20(2)19-13)8-11(9-16)10-5-4-6-12(17)7-10/h4-7,11H,3,8-9H2,1-2H3. The van der Waals surface area contributed by atoms with E-state index >= 15 is 0 Å². The van der Waals surface area contributed by atoms with Gasteiger partial charge in [-0.15, -0.1) is 0 Å². The van der Waals surface area contributed by atoms with Crippen LogP contribution in [0.15, 0.2) is 33.2 Å². The van der Waals surface area contributed by atoms with Crippen molar-refractivity contribution in [3.05, 3.63) is 50.2 Å². The molecular weight excluding hydrogens is 448 g/mol. The minimum absolute atomic E-state index is 0.434. The molecule has 0 saturated heterocycles. The zero-order valence-electron chi connectivity index (χ0n) is 11.5. The van der Waals surface area contributed by atoms with E-state index in [0.717, 1.165) is 32.8 Å². The lowest BCUT2D eigenvalue weighted by Crippen LogP contribution is -2.08.